The molecule has 0 radical (unpaired) electrons. The number of ether oxygens (including phenoxy) is 3. The van der Waals surface area contributed by atoms with E-state index in [0.29, 0.717) is 24.2 Å². The van der Waals surface area contributed by atoms with Crippen molar-refractivity contribution in [2.24, 2.45) is 23.7 Å². The highest BCUT2D eigenvalue weighted by atomic mass is 16.7. The molecule has 1 fully saturated rings. The lowest BCUT2D eigenvalue weighted by molar-refractivity contribution is -0.301. The second kappa shape index (κ2) is 8.68. The molecule has 5 nitrogen and oxygen atoms in total. The molecule has 0 aromatic rings. The molecule has 0 aromatic carbocycles. The number of hydrogen-bond donors (Lipinski definition) is 1. The molecule has 0 spiro atoms. The van der Waals surface area contributed by atoms with Crippen LogP contribution in [-0.4, -0.2) is 42.3 Å². The van der Waals surface area contributed by atoms with Crippen LogP contribution < -0.4 is 0 Å². The maximum atomic E-state index is 11.7. The van der Waals surface area contributed by atoms with Gasteiger partial charge in [-0.1, -0.05) is 32.1 Å². The van der Waals surface area contributed by atoms with Gasteiger partial charge in [-0.3, -0.25) is 4.79 Å². The molecule has 2 aliphatic carbocycles. The number of carbonyl (C=O) groups is 1. The SMILES string of the molecule is COC(=O)C[C@H]1C[C@@H](CC[C@@H]2C3C(=C[C@H](C)C[C@@H]3O)C=C[C@@H]2C)OC(C)(C)O1. The summed E-state index contributed by atoms with van der Waals surface area (Å²) in [6.45, 7) is 8.23. The minimum absolute atomic E-state index is 0.0450. The van der Waals surface area contributed by atoms with Crippen LogP contribution in [0, 0.1) is 23.7 Å². The maximum Gasteiger partial charge on any atom is 0.308 e. The Bertz CT molecular complexity index is 622. The van der Waals surface area contributed by atoms with Crippen LogP contribution in [0.15, 0.2) is 23.8 Å². The third kappa shape index (κ3) is 5.05. The molecule has 7 atom stereocenters. The van der Waals surface area contributed by atoms with Crippen molar-refractivity contribution in [1.82, 2.24) is 0 Å². The zero-order valence-corrected chi connectivity index (χ0v) is 17.9. The van der Waals surface area contributed by atoms with Crippen molar-refractivity contribution >= 4 is 5.97 Å². The number of methoxy groups -OCH3 is 1. The molecule has 0 aromatic heterocycles. The molecule has 0 amide bonds. The smallest absolute Gasteiger partial charge is 0.308 e. The zero-order valence-electron chi connectivity index (χ0n) is 17.9. The molecule has 158 valence electrons. The van der Waals surface area contributed by atoms with Crippen molar-refractivity contribution in [2.45, 2.75) is 83.9 Å². The molecule has 3 aliphatic rings. The molecule has 1 heterocycles. The van der Waals surface area contributed by atoms with Crippen molar-refractivity contribution in [3.05, 3.63) is 23.8 Å². The van der Waals surface area contributed by atoms with E-state index >= 15 is 0 Å². The number of aliphatic hydroxyl groups is 1. The largest absolute Gasteiger partial charge is 0.469 e. The summed E-state index contributed by atoms with van der Waals surface area (Å²) in [7, 11) is 1.41. The van der Waals surface area contributed by atoms with Gasteiger partial charge in [-0.2, -0.15) is 0 Å². The summed E-state index contributed by atoms with van der Waals surface area (Å²) >= 11 is 0. The Kier molecular flexibility index (Phi) is 6.68. The van der Waals surface area contributed by atoms with Crippen LogP contribution >= 0.6 is 0 Å². The van der Waals surface area contributed by atoms with Crippen LogP contribution in [0.25, 0.3) is 0 Å². The predicted molar refractivity (Wildman–Crippen MR) is 107 cm³/mol. The summed E-state index contributed by atoms with van der Waals surface area (Å²) in [5, 5.41) is 10.8. The number of esters is 1. The van der Waals surface area contributed by atoms with E-state index in [4.69, 9.17) is 14.2 Å². The maximum absolute atomic E-state index is 11.7. The molecule has 5 heteroatoms. The van der Waals surface area contributed by atoms with Crippen LogP contribution in [0.5, 0.6) is 0 Å². The van der Waals surface area contributed by atoms with Crippen molar-refractivity contribution in [3.63, 3.8) is 0 Å². The van der Waals surface area contributed by atoms with Gasteiger partial charge in [0, 0.05) is 12.3 Å². The molecule has 1 N–H and O–H groups in total. The monoisotopic (exact) mass is 392 g/mol. The van der Waals surface area contributed by atoms with Crippen LogP contribution in [0.1, 0.15) is 59.8 Å². The summed E-state index contributed by atoms with van der Waals surface area (Å²) in [5.74, 6) is 0.538. The zero-order chi connectivity index (χ0) is 20.5. The summed E-state index contributed by atoms with van der Waals surface area (Å²) in [4.78, 5) is 11.7. The number of allylic oxidation sites excluding steroid dienone is 3. The number of hydrogen-bond acceptors (Lipinski definition) is 5. The third-order valence-electron chi connectivity index (χ3n) is 6.49. The second-order valence-corrected chi connectivity index (χ2v) is 9.33. The van der Waals surface area contributed by atoms with Crippen molar-refractivity contribution < 1.29 is 24.1 Å². The number of carbonyl (C=O) groups excluding carboxylic acids is 1. The van der Waals surface area contributed by atoms with E-state index in [1.165, 1.54) is 12.7 Å². The molecule has 28 heavy (non-hydrogen) atoms. The van der Waals surface area contributed by atoms with Gasteiger partial charge in [-0.15, -0.1) is 0 Å². The van der Waals surface area contributed by atoms with Crippen molar-refractivity contribution in [1.29, 1.82) is 0 Å². The van der Waals surface area contributed by atoms with Gasteiger partial charge in [-0.05, 0) is 56.4 Å². The molecule has 0 saturated carbocycles. The molecular weight excluding hydrogens is 356 g/mol. The Morgan fingerprint density at radius 2 is 1.93 bits per heavy atom. The van der Waals surface area contributed by atoms with Gasteiger partial charge in [0.25, 0.3) is 0 Å². The quantitative estimate of drug-likeness (QED) is 0.716. The fourth-order valence-corrected chi connectivity index (χ4v) is 5.30. The summed E-state index contributed by atoms with van der Waals surface area (Å²) < 4.78 is 16.9. The van der Waals surface area contributed by atoms with Gasteiger partial charge < -0.3 is 19.3 Å². The lowest BCUT2D eigenvalue weighted by atomic mass is 9.65. The van der Waals surface area contributed by atoms with Gasteiger partial charge in [0.1, 0.15) is 0 Å². The highest BCUT2D eigenvalue weighted by Gasteiger charge is 2.41. The number of fused-ring (bicyclic) bond motifs is 1. The molecule has 1 unspecified atom stereocenters. The first-order valence-electron chi connectivity index (χ1n) is 10.7. The lowest BCUT2D eigenvalue weighted by Gasteiger charge is -2.44. The Hall–Kier alpha value is -1.17. The number of rotatable bonds is 5. The van der Waals surface area contributed by atoms with E-state index in [0.717, 1.165) is 19.3 Å². The van der Waals surface area contributed by atoms with E-state index in [1.807, 2.05) is 13.8 Å². The van der Waals surface area contributed by atoms with Crippen molar-refractivity contribution in [3.8, 4) is 0 Å². The molecule has 1 aliphatic heterocycles. The summed E-state index contributed by atoms with van der Waals surface area (Å²) in [6.07, 6.45) is 10.1. The number of aliphatic hydroxyl groups excluding tert-OH is 1. The van der Waals surface area contributed by atoms with Crippen LogP contribution in [-0.2, 0) is 19.0 Å². The minimum atomic E-state index is -0.704. The van der Waals surface area contributed by atoms with Crippen LogP contribution in [0.3, 0.4) is 0 Å². The predicted octanol–water partition coefficient (Wildman–Crippen LogP) is 4.01. The fraction of sp³-hybridized carbons (Fsp3) is 0.783. The Labute approximate surface area is 169 Å². The summed E-state index contributed by atoms with van der Waals surface area (Å²) in [6, 6.07) is 0. The van der Waals surface area contributed by atoms with Gasteiger partial charge >= 0.3 is 5.97 Å². The average Bonchev–Trinajstić information content (AvgIpc) is 2.59. The van der Waals surface area contributed by atoms with Gasteiger partial charge in [-0.25, -0.2) is 0 Å². The first-order chi connectivity index (χ1) is 13.2. The van der Waals surface area contributed by atoms with Gasteiger partial charge in [0.15, 0.2) is 5.79 Å². The van der Waals surface area contributed by atoms with Crippen molar-refractivity contribution in [2.75, 3.05) is 7.11 Å². The topological polar surface area (TPSA) is 65.0 Å². The summed E-state index contributed by atoms with van der Waals surface area (Å²) in [5.41, 5.74) is 1.30. The fourth-order valence-electron chi connectivity index (χ4n) is 5.30. The third-order valence-corrected chi connectivity index (χ3v) is 6.49. The second-order valence-electron chi connectivity index (χ2n) is 9.33. The highest BCUT2D eigenvalue weighted by molar-refractivity contribution is 5.69. The lowest BCUT2D eigenvalue weighted by Crippen LogP contribution is -2.46. The first kappa shape index (κ1) is 21.5. The molecule has 3 rings (SSSR count). The van der Waals surface area contributed by atoms with Crippen LogP contribution in [0.2, 0.25) is 0 Å². The average molecular weight is 393 g/mol. The molecule has 0 bridgehead atoms. The first-order valence-corrected chi connectivity index (χ1v) is 10.7. The van der Waals surface area contributed by atoms with E-state index in [9.17, 15) is 9.90 Å². The molecule has 1 saturated heterocycles. The van der Waals surface area contributed by atoms with E-state index < -0.39 is 5.79 Å². The minimum Gasteiger partial charge on any atom is -0.469 e. The Morgan fingerprint density at radius 1 is 1.21 bits per heavy atom. The molecular formula is C23H36O5. The van der Waals surface area contributed by atoms with Gasteiger partial charge in [0.05, 0.1) is 31.8 Å². The normalized spacial score (nSPS) is 39.8. The standard InChI is InChI=1S/C23H36O5/c1-14-10-16-7-6-15(2)19(22(16)20(24)11-14)9-8-17-12-18(13-21(25)26-5)28-23(3,4)27-17/h6-7,10,14-15,17-20,22,24H,8-9,11-13H2,1-5H3/t14-,15-,17+,18+,19-,20-,22?/m0/s1. The van der Waals surface area contributed by atoms with E-state index in [-0.39, 0.29) is 36.6 Å². The highest BCUT2D eigenvalue weighted by Crippen LogP contribution is 2.44. The van der Waals surface area contributed by atoms with E-state index in [2.05, 4.69) is 32.1 Å². The van der Waals surface area contributed by atoms with Crippen LogP contribution in [0.4, 0.5) is 0 Å². The Morgan fingerprint density at radius 3 is 2.64 bits per heavy atom. The Balaban J connectivity index is 1.65. The van der Waals surface area contributed by atoms with E-state index in [1.54, 1.807) is 0 Å². The van der Waals surface area contributed by atoms with Gasteiger partial charge in [0.2, 0.25) is 0 Å².